The van der Waals surface area contributed by atoms with Crippen molar-refractivity contribution in [1.82, 2.24) is 0 Å². The molecule has 0 amide bonds. The van der Waals surface area contributed by atoms with Gasteiger partial charge in [0.1, 0.15) is 0 Å². The highest BCUT2D eigenvalue weighted by Gasteiger charge is 2.07. The highest BCUT2D eigenvalue weighted by atomic mass is 35.5. The lowest BCUT2D eigenvalue weighted by Gasteiger charge is -2.11. The minimum Gasteiger partial charge on any atom is -0.389 e. The van der Waals surface area contributed by atoms with Crippen LogP contribution in [0, 0.1) is 0 Å². The van der Waals surface area contributed by atoms with E-state index >= 15 is 0 Å². The molecule has 72 valence electrons. The Bertz CT molecular complexity index is 284. The summed E-state index contributed by atoms with van der Waals surface area (Å²) >= 11 is 5.81. The Hall–Kier alpha value is -0.570. The van der Waals surface area contributed by atoms with Crippen LogP contribution in [0.2, 0.25) is 5.02 Å². The van der Waals surface area contributed by atoms with Crippen LogP contribution in [-0.4, -0.2) is 12.2 Å². The molecule has 1 aromatic rings. The van der Waals surface area contributed by atoms with E-state index in [0.29, 0.717) is 11.6 Å². The summed E-state index contributed by atoms with van der Waals surface area (Å²) < 4.78 is 5.00. The molecule has 0 saturated heterocycles. The summed E-state index contributed by atoms with van der Waals surface area (Å²) in [6, 6.07) is 5.43. The average molecular weight is 201 g/mol. The van der Waals surface area contributed by atoms with Gasteiger partial charge in [-0.2, -0.15) is 0 Å². The van der Waals surface area contributed by atoms with Gasteiger partial charge in [0.05, 0.1) is 12.7 Å². The molecule has 1 aromatic carbocycles. The summed E-state index contributed by atoms with van der Waals surface area (Å²) in [5.74, 6) is 0. The molecule has 0 bridgehead atoms. The maximum atomic E-state index is 9.44. The van der Waals surface area contributed by atoms with Gasteiger partial charge < -0.3 is 9.84 Å². The molecular weight excluding hydrogens is 188 g/mol. The van der Waals surface area contributed by atoms with E-state index in [1.54, 1.807) is 26.2 Å². The van der Waals surface area contributed by atoms with Crippen LogP contribution < -0.4 is 0 Å². The number of ether oxygens (including phenoxy) is 1. The summed E-state index contributed by atoms with van der Waals surface area (Å²) in [6.45, 7) is 2.21. The van der Waals surface area contributed by atoms with Gasteiger partial charge in [-0.3, -0.25) is 0 Å². The second-order valence-electron chi connectivity index (χ2n) is 2.95. The van der Waals surface area contributed by atoms with E-state index < -0.39 is 6.10 Å². The number of aliphatic hydroxyl groups is 1. The van der Waals surface area contributed by atoms with Crippen LogP contribution in [0.5, 0.6) is 0 Å². The van der Waals surface area contributed by atoms with Gasteiger partial charge in [-0.1, -0.05) is 17.7 Å². The molecule has 0 aromatic heterocycles. The van der Waals surface area contributed by atoms with Crippen LogP contribution >= 0.6 is 11.6 Å². The molecule has 3 heteroatoms. The average Bonchev–Trinajstić information content (AvgIpc) is 2.08. The fourth-order valence-corrected chi connectivity index (χ4v) is 1.42. The topological polar surface area (TPSA) is 29.5 Å². The SMILES string of the molecule is COCc1ccc(Cl)cc1C(C)O. The van der Waals surface area contributed by atoms with Crippen molar-refractivity contribution in [2.24, 2.45) is 0 Å². The molecule has 0 aliphatic rings. The first-order valence-corrected chi connectivity index (χ1v) is 4.48. The molecule has 0 fully saturated rings. The number of aliphatic hydroxyl groups excluding tert-OH is 1. The normalized spacial score (nSPS) is 12.9. The predicted octanol–water partition coefficient (Wildman–Crippen LogP) is 2.54. The Labute approximate surface area is 83.1 Å². The molecule has 0 saturated carbocycles. The lowest BCUT2D eigenvalue weighted by atomic mass is 10.0. The molecule has 1 rings (SSSR count). The van der Waals surface area contributed by atoms with E-state index in [9.17, 15) is 5.11 Å². The molecule has 0 aliphatic carbocycles. The van der Waals surface area contributed by atoms with Gasteiger partial charge in [-0.05, 0) is 30.2 Å². The van der Waals surface area contributed by atoms with Crippen molar-refractivity contribution < 1.29 is 9.84 Å². The first-order chi connectivity index (χ1) is 6.15. The summed E-state index contributed by atoms with van der Waals surface area (Å²) in [4.78, 5) is 0. The van der Waals surface area contributed by atoms with Crippen LogP contribution in [0.3, 0.4) is 0 Å². The van der Waals surface area contributed by atoms with Gasteiger partial charge in [-0.15, -0.1) is 0 Å². The minimum absolute atomic E-state index is 0.497. The van der Waals surface area contributed by atoms with E-state index in [1.807, 2.05) is 6.07 Å². The lowest BCUT2D eigenvalue weighted by molar-refractivity contribution is 0.171. The Balaban J connectivity index is 3.03. The molecule has 0 aliphatic heterocycles. The van der Waals surface area contributed by atoms with Crippen molar-refractivity contribution in [2.75, 3.05) is 7.11 Å². The zero-order valence-electron chi connectivity index (χ0n) is 7.75. The fourth-order valence-electron chi connectivity index (χ4n) is 1.24. The van der Waals surface area contributed by atoms with E-state index in [1.165, 1.54) is 0 Å². The van der Waals surface area contributed by atoms with E-state index in [0.717, 1.165) is 11.1 Å². The predicted molar refractivity (Wildman–Crippen MR) is 52.8 cm³/mol. The van der Waals surface area contributed by atoms with E-state index in [2.05, 4.69) is 0 Å². The van der Waals surface area contributed by atoms with Gasteiger partial charge >= 0.3 is 0 Å². The maximum absolute atomic E-state index is 9.44. The van der Waals surface area contributed by atoms with Gasteiger partial charge in [0, 0.05) is 12.1 Å². The Morgan fingerprint density at radius 2 is 2.23 bits per heavy atom. The van der Waals surface area contributed by atoms with Crippen LogP contribution in [0.25, 0.3) is 0 Å². The van der Waals surface area contributed by atoms with Crippen molar-refractivity contribution in [3.8, 4) is 0 Å². The number of hydrogen-bond acceptors (Lipinski definition) is 2. The molecule has 0 spiro atoms. The Morgan fingerprint density at radius 1 is 1.54 bits per heavy atom. The summed E-state index contributed by atoms with van der Waals surface area (Å²) in [6.07, 6.45) is -0.510. The van der Waals surface area contributed by atoms with Crippen LogP contribution in [-0.2, 0) is 11.3 Å². The summed E-state index contributed by atoms with van der Waals surface area (Å²) in [7, 11) is 1.63. The van der Waals surface area contributed by atoms with Crippen LogP contribution in [0.15, 0.2) is 18.2 Å². The zero-order chi connectivity index (χ0) is 9.84. The van der Waals surface area contributed by atoms with Crippen molar-refractivity contribution in [3.63, 3.8) is 0 Å². The zero-order valence-corrected chi connectivity index (χ0v) is 8.51. The van der Waals surface area contributed by atoms with Crippen molar-refractivity contribution in [1.29, 1.82) is 0 Å². The monoisotopic (exact) mass is 200 g/mol. The van der Waals surface area contributed by atoms with Gasteiger partial charge in [-0.25, -0.2) is 0 Å². The third kappa shape index (κ3) is 2.69. The number of rotatable bonds is 3. The van der Waals surface area contributed by atoms with E-state index in [-0.39, 0.29) is 0 Å². The van der Waals surface area contributed by atoms with Gasteiger partial charge in [0.25, 0.3) is 0 Å². The fraction of sp³-hybridized carbons (Fsp3) is 0.400. The highest BCUT2D eigenvalue weighted by molar-refractivity contribution is 6.30. The molecule has 1 atom stereocenters. The highest BCUT2D eigenvalue weighted by Crippen LogP contribution is 2.22. The second-order valence-corrected chi connectivity index (χ2v) is 3.39. The van der Waals surface area contributed by atoms with Crippen molar-refractivity contribution in [2.45, 2.75) is 19.6 Å². The van der Waals surface area contributed by atoms with E-state index in [4.69, 9.17) is 16.3 Å². The molecule has 1 unspecified atom stereocenters. The second kappa shape index (κ2) is 4.61. The molecule has 0 radical (unpaired) electrons. The molecule has 2 nitrogen and oxygen atoms in total. The number of halogens is 1. The number of benzene rings is 1. The number of methoxy groups -OCH3 is 1. The molecule has 1 N–H and O–H groups in total. The standard InChI is InChI=1S/C10H13ClO2/c1-7(12)10-5-9(11)4-3-8(10)6-13-2/h3-5,7,12H,6H2,1-2H3. The van der Waals surface area contributed by atoms with Crippen molar-refractivity contribution >= 4 is 11.6 Å². The Kier molecular flexibility index (Phi) is 3.72. The molecular formula is C10H13ClO2. The van der Waals surface area contributed by atoms with Crippen LogP contribution in [0.1, 0.15) is 24.2 Å². The largest absolute Gasteiger partial charge is 0.389 e. The first kappa shape index (κ1) is 10.5. The van der Waals surface area contributed by atoms with Crippen molar-refractivity contribution in [3.05, 3.63) is 34.3 Å². The summed E-state index contributed by atoms with van der Waals surface area (Å²) in [5.41, 5.74) is 1.80. The molecule has 13 heavy (non-hydrogen) atoms. The smallest absolute Gasteiger partial charge is 0.0765 e. The maximum Gasteiger partial charge on any atom is 0.0765 e. The minimum atomic E-state index is -0.510. The Morgan fingerprint density at radius 3 is 2.77 bits per heavy atom. The molecule has 0 heterocycles. The van der Waals surface area contributed by atoms with Crippen LogP contribution in [0.4, 0.5) is 0 Å². The lowest BCUT2D eigenvalue weighted by Crippen LogP contribution is -1.99. The van der Waals surface area contributed by atoms with Gasteiger partial charge in [0.2, 0.25) is 0 Å². The number of hydrogen-bond donors (Lipinski definition) is 1. The van der Waals surface area contributed by atoms with Gasteiger partial charge in [0.15, 0.2) is 0 Å². The third-order valence-electron chi connectivity index (χ3n) is 1.86. The summed E-state index contributed by atoms with van der Waals surface area (Å²) in [5, 5.41) is 10.1. The first-order valence-electron chi connectivity index (χ1n) is 4.10. The third-order valence-corrected chi connectivity index (χ3v) is 2.09. The quantitative estimate of drug-likeness (QED) is 0.813.